The molecule has 1 aliphatic heterocycles. The summed E-state index contributed by atoms with van der Waals surface area (Å²) < 4.78 is 0. The Morgan fingerprint density at radius 2 is 1.74 bits per heavy atom. The lowest BCUT2D eigenvalue weighted by atomic mass is 9.96. The number of likely N-dealkylation sites (tertiary alicyclic amines) is 1. The lowest BCUT2D eigenvalue weighted by Gasteiger charge is -2.32. The molecule has 3 aromatic carbocycles. The van der Waals surface area contributed by atoms with Crippen LogP contribution < -0.4 is 10.6 Å². The number of carbonyl (C=O) groups excluding carboxylic acids is 2. The third-order valence-corrected chi connectivity index (χ3v) is 7.08. The van der Waals surface area contributed by atoms with E-state index in [0.717, 1.165) is 30.5 Å². The summed E-state index contributed by atoms with van der Waals surface area (Å²) in [5, 5.41) is 7.11. The van der Waals surface area contributed by atoms with Crippen molar-refractivity contribution in [3.63, 3.8) is 0 Å². The summed E-state index contributed by atoms with van der Waals surface area (Å²) in [6, 6.07) is 22.4. The number of anilines is 1. The molecule has 0 saturated carbocycles. The van der Waals surface area contributed by atoms with E-state index in [1.807, 2.05) is 55.5 Å². The van der Waals surface area contributed by atoms with Crippen LogP contribution in [0.4, 0.5) is 5.69 Å². The number of hydrogen-bond donors (Lipinski definition) is 2. The molecule has 2 unspecified atom stereocenters. The van der Waals surface area contributed by atoms with E-state index in [9.17, 15) is 9.59 Å². The van der Waals surface area contributed by atoms with Gasteiger partial charge in [0.2, 0.25) is 5.91 Å². The molecular weight excluding hydrogens is 481 g/mol. The summed E-state index contributed by atoms with van der Waals surface area (Å²) in [5.41, 5.74) is 3.06. The van der Waals surface area contributed by atoms with Crippen molar-refractivity contribution >= 4 is 40.7 Å². The average Bonchev–Trinajstić information content (AvgIpc) is 2.87. The van der Waals surface area contributed by atoms with Gasteiger partial charge in [-0.05, 0) is 61.7 Å². The first kappa shape index (κ1) is 25.2. The minimum absolute atomic E-state index is 0.0693. The molecule has 0 aliphatic carbocycles. The van der Waals surface area contributed by atoms with Crippen LogP contribution in [0, 0.1) is 5.92 Å². The molecule has 3 aromatic rings. The largest absolute Gasteiger partial charge is 0.345 e. The van der Waals surface area contributed by atoms with Crippen LogP contribution in [-0.4, -0.2) is 29.8 Å². The number of para-hydroxylation sites is 1. The fraction of sp³-hybridized carbons (Fsp3) is 0.286. The molecule has 1 saturated heterocycles. The molecule has 2 amide bonds. The molecule has 182 valence electrons. The molecule has 4 rings (SSSR count). The van der Waals surface area contributed by atoms with Gasteiger partial charge in [-0.1, -0.05) is 71.7 Å². The maximum Gasteiger partial charge on any atom is 0.253 e. The zero-order chi connectivity index (χ0) is 24.8. The van der Waals surface area contributed by atoms with Crippen LogP contribution in [0.5, 0.6) is 0 Å². The SMILES string of the molecule is CC(NC(=O)c1ccccc1NC(=O)C1CCCN(Cc2ccc(Cl)c(Cl)c2)C1)c1ccccc1. The molecule has 1 fully saturated rings. The zero-order valence-electron chi connectivity index (χ0n) is 19.6. The molecule has 1 aliphatic rings. The highest BCUT2D eigenvalue weighted by atomic mass is 35.5. The number of piperidine rings is 1. The van der Waals surface area contributed by atoms with E-state index in [2.05, 4.69) is 15.5 Å². The van der Waals surface area contributed by atoms with Gasteiger partial charge in [-0.2, -0.15) is 0 Å². The second-order valence-electron chi connectivity index (χ2n) is 8.96. The van der Waals surface area contributed by atoms with Crippen LogP contribution in [0.25, 0.3) is 0 Å². The molecule has 0 bridgehead atoms. The summed E-state index contributed by atoms with van der Waals surface area (Å²) in [6.45, 7) is 4.21. The number of carbonyl (C=O) groups is 2. The standard InChI is InChI=1S/C28H29Cl2N3O2/c1-19(21-8-3-2-4-9-21)31-28(35)23-11-5-6-12-26(23)32-27(34)22-10-7-15-33(18-22)17-20-13-14-24(29)25(30)16-20/h2-6,8-9,11-14,16,19,22H,7,10,15,17-18H2,1H3,(H,31,35)(H,32,34). The number of hydrogen-bond acceptors (Lipinski definition) is 3. The van der Waals surface area contributed by atoms with Crippen molar-refractivity contribution in [1.29, 1.82) is 0 Å². The fourth-order valence-corrected chi connectivity index (χ4v) is 4.75. The Bertz CT molecular complexity index is 1190. The molecule has 5 nitrogen and oxygen atoms in total. The summed E-state index contributed by atoms with van der Waals surface area (Å²) in [7, 11) is 0. The first-order valence-corrected chi connectivity index (χ1v) is 12.6. The summed E-state index contributed by atoms with van der Waals surface area (Å²) in [4.78, 5) is 28.5. The Hall–Kier alpha value is -2.86. The van der Waals surface area contributed by atoms with Gasteiger partial charge in [0.1, 0.15) is 0 Å². The van der Waals surface area contributed by atoms with Crippen LogP contribution in [0.2, 0.25) is 10.0 Å². The van der Waals surface area contributed by atoms with Crippen LogP contribution in [-0.2, 0) is 11.3 Å². The van der Waals surface area contributed by atoms with Crippen LogP contribution in [0.15, 0.2) is 72.8 Å². The normalized spacial score (nSPS) is 16.9. The van der Waals surface area contributed by atoms with Crippen LogP contribution >= 0.6 is 23.2 Å². The van der Waals surface area contributed by atoms with E-state index in [-0.39, 0.29) is 23.8 Å². The summed E-state index contributed by atoms with van der Waals surface area (Å²) >= 11 is 12.2. The Labute approximate surface area is 216 Å². The molecule has 2 N–H and O–H groups in total. The van der Waals surface area contributed by atoms with Crippen molar-refractivity contribution < 1.29 is 9.59 Å². The quantitative estimate of drug-likeness (QED) is 0.390. The van der Waals surface area contributed by atoms with Gasteiger partial charge in [-0.3, -0.25) is 14.5 Å². The van der Waals surface area contributed by atoms with Gasteiger partial charge >= 0.3 is 0 Å². The molecule has 0 spiro atoms. The van der Waals surface area contributed by atoms with Crippen molar-refractivity contribution in [2.24, 2.45) is 5.92 Å². The van der Waals surface area contributed by atoms with Crippen LogP contribution in [0.1, 0.15) is 47.3 Å². The third-order valence-electron chi connectivity index (χ3n) is 6.34. The summed E-state index contributed by atoms with van der Waals surface area (Å²) in [6.07, 6.45) is 1.74. The van der Waals surface area contributed by atoms with Gasteiger partial charge in [-0.15, -0.1) is 0 Å². The predicted molar refractivity (Wildman–Crippen MR) is 142 cm³/mol. The maximum atomic E-state index is 13.2. The molecule has 1 heterocycles. The molecule has 0 aromatic heterocycles. The van der Waals surface area contributed by atoms with E-state index in [1.54, 1.807) is 24.3 Å². The fourth-order valence-electron chi connectivity index (χ4n) is 4.43. The highest BCUT2D eigenvalue weighted by molar-refractivity contribution is 6.42. The minimum atomic E-state index is -0.220. The van der Waals surface area contributed by atoms with Gasteiger partial charge in [0.15, 0.2) is 0 Å². The molecular formula is C28H29Cl2N3O2. The maximum absolute atomic E-state index is 13.2. The lowest BCUT2D eigenvalue weighted by Crippen LogP contribution is -2.40. The number of nitrogens with zero attached hydrogens (tertiary/aromatic N) is 1. The Kier molecular flexibility index (Phi) is 8.45. The van der Waals surface area contributed by atoms with Gasteiger partial charge in [-0.25, -0.2) is 0 Å². The van der Waals surface area contributed by atoms with Crippen molar-refractivity contribution in [2.45, 2.75) is 32.4 Å². The second kappa shape index (κ2) is 11.7. The van der Waals surface area contributed by atoms with E-state index >= 15 is 0 Å². The van der Waals surface area contributed by atoms with Crippen molar-refractivity contribution in [2.75, 3.05) is 18.4 Å². The average molecular weight is 510 g/mol. The zero-order valence-corrected chi connectivity index (χ0v) is 21.1. The Balaban J connectivity index is 1.39. The predicted octanol–water partition coefficient (Wildman–Crippen LogP) is 6.34. The van der Waals surface area contributed by atoms with E-state index in [1.165, 1.54) is 0 Å². The third kappa shape index (κ3) is 6.63. The monoisotopic (exact) mass is 509 g/mol. The lowest BCUT2D eigenvalue weighted by molar-refractivity contribution is -0.121. The summed E-state index contributed by atoms with van der Waals surface area (Å²) in [5.74, 6) is -0.451. The Morgan fingerprint density at radius 3 is 2.51 bits per heavy atom. The van der Waals surface area contributed by atoms with Crippen LogP contribution in [0.3, 0.4) is 0 Å². The first-order valence-electron chi connectivity index (χ1n) is 11.8. The van der Waals surface area contributed by atoms with Crippen molar-refractivity contribution in [3.05, 3.63) is 99.5 Å². The second-order valence-corrected chi connectivity index (χ2v) is 9.78. The van der Waals surface area contributed by atoms with Gasteiger partial charge in [0.25, 0.3) is 5.91 Å². The van der Waals surface area contributed by atoms with Gasteiger partial charge in [0.05, 0.1) is 33.3 Å². The van der Waals surface area contributed by atoms with Gasteiger partial charge in [0, 0.05) is 13.1 Å². The smallest absolute Gasteiger partial charge is 0.253 e. The minimum Gasteiger partial charge on any atom is -0.345 e. The number of benzene rings is 3. The highest BCUT2D eigenvalue weighted by Gasteiger charge is 2.27. The number of rotatable bonds is 7. The first-order chi connectivity index (χ1) is 16.9. The molecule has 35 heavy (non-hydrogen) atoms. The molecule has 7 heteroatoms. The Morgan fingerprint density at radius 1 is 1.00 bits per heavy atom. The van der Waals surface area contributed by atoms with E-state index in [4.69, 9.17) is 23.2 Å². The molecule has 0 radical (unpaired) electrons. The van der Waals surface area contributed by atoms with E-state index < -0.39 is 0 Å². The topological polar surface area (TPSA) is 61.4 Å². The number of amides is 2. The van der Waals surface area contributed by atoms with Gasteiger partial charge < -0.3 is 10.6 Å². The number of halogens is 2. The van der Waals surface area contributed by atoms with Crippen molar-refractivity contribution in [1.82, 2.24) is 10.2 Å². The van der Waals surface area contributed by atoms with E-state index in [0.29, 0.717) is 34.4 Å². The van der Waals surface area contributed by atoms with Crippen molar-refractivity contribution in [3.8, 4) is 0 Å². The number of nitrogens with one attached hydrogen (secondary N) is 2. The molecule has 2 atom stereocenters. The highest BCUT2D eigenvalue weighted by Crippen LogP contribution is 2.26.